The van der Waals surface area contributed by atoms with Crippen LogP contribution in [0.5, 0.6) is 0 Å². The average Bonchev–Trinajstić information content (AvgIpc) is 3.03. The molecule has 0 unspecified atom stereocenters. The molecule has 0 radical (unpaired) electrons. The maximum atomic E-state index is 11.8. The molecule has 114 valence electrons. The van der Waals surface area contributed by atoms with E-state index in [1.54, 1.807) is 31.2 Å². The van der Waals surface area contributed by atoms with Crippen LogP contribution in [-0.4, -0.2) is 17.9 Å². The van der Waals surface area contributed by atoms with Gasteiger partial charge in [0.1, 0.15) is 5.76 Å². The van der Waals surface area contributed by atoms with Gasteiger partial charge in [-0.3, -0.25) is 4.79 Å². The number of hydrogen-bond acceptors (Lipinski definition) is 4. The molecule has 2 aliphatic heterocycles. The van der Waals surface area contributed by atoms with Gasteiger partial charge in [-0.1, -0.05) is 25.7 Å². The highest BCUT2D eigenvalue weighted by molar-refractivity contribution is 5.70. The van der Waals surface area contributed by atoms with Crippen LogP contribution in [0.1, 0.15) is 27.2 Å². The molecule has 0 aromatic heterocycles. The Balaban J connectivity index is 2.02. The number of hydrogen-bond donors (Lipinski definition) is 0. The van der Waals surface area contributed by atoms with Gasteiger partial charge in [0.15, 0.2) is 0 Å². The lowest BCUT2D eigenvalue weighted by Gasteiger charge is -2.28. The third-order valence-corrected chi connectivity index (χ3v) is 2.97. The number of carbonyl (C=O) groups excluding carboxylic acids is 1. The highest BCUT2D eigenvalue weighted by atomic mass is 16.7. The van der Waals surface area contributed by atoms with Crippen molar-refractivity contribution < 1.29 is 19.0 Å². The zero-order valence-corrected chi connectivity index (χ0v) is 12.9. The van der Waals surface area contributed by atoms with Crippen molar-refractivity contribution in [3.8, 4) is 23.7 Å². The average molecular weight is 298 g/mol. The standard InChI is InChI=1S/C18H18O4/c1-4-5-6-7-8-15-9-11-18(22-15)16(10-12-20-18)21-17(19)13-14(2)3/h8-12,14,16H,13H2,1-3H3/b15-8-/t16-,18-/m0/s1. The molecule has 0 aliphatic carbocycles. The van der Waals surface area contributed by atoms with Crippen molar-refractivity contribution in [3.63, 3.8) is 0 Å². The van der Waals surface area contributed by atoms with Crippen LogP contribution in [-0.2, 0) is 19.0 Å². The van der Waals surface area contributed by atoms with Crippen molar-refractivity contribution in [1.29, 1.82) is 0 Å². The van der Waals surface area contributed by atoms with Crippen LogP contribution in [0.4, 0.5) is 0 Å². The summed E-state index contributed by atoms with van der Waals surface area (Å²) in [6.45, 7) is 5.64. The summed E-state index contributed by atoms with van der Waals surface area (Å²) in [6, 6.07) is 0. The Kier molecular flexibility index (Phi) is 4.96. The molecular weight excluding hydrogens is 280 g/mol. The minimum absolute atomic E-state index is 0.236. The molecule has 2 rings (SSSR count). The van der Waals surface area contributed by atoms with Crippen molar-refractivity contribution >= 4 is 5.97 Å². The van der Waals surface area contributed by atoms with E-state index in [4.69, 9.17) is 14.2 Å². The van der Waals surface area contributed by atoms with Crippen LogP contribution in [0.3, 0.4) is 0 Å². The number of rotatable bonds is 3. The largest absolute Gasteiger partial charge is 0.453 e. The number of carbonyl (C=O) groups is 1. The fourth-order valence-corrected chi connectivity index (χ4v) is 2.01. The molecule has 0 bridgehead atoms. The van der Waals surface area contributed by atoms with Crippen molar-refractivity contribution in [1.82, 2.24) is 0 Å². The highest BCUT2D eigenvalue weighted by Gasteiger charge is 2.48. The first-order valence-corrected chi connectivity index (χ1v) is 7.10. The van der Waals surface area contributed by atoms with Gasteiger partial charge in [0.25, 0.3) is 0 Å². The van der Waals surface area contributed by atoms with E-state index in [-0.39, 0.29) is 11.9 Å². The van der Waals surface area contributed by atoms with E-state index in [2.05, 4.69) is 23.7 Å². The summed E-state index contributed by atoms with van der Waals surface area (Å²) in [4.78, 5) is 11.8. The first-order valence-electron chi connectivity index (χ1n) is 7.10. The number of esters is 1. The Bertz CT molecular complexity index is 646. The zero-order chi connectivity index (χ0) is 16.0. The van der Waals surface area contributed by atoms with Gasteiger partial charge in [-0.25, -0.2) is 0 Å². The quantitative estimate of drug-likeness (QED) is 0.593. The lowest BCUT2D eigenvalue weighted by molar-refractivity contribution is -0.191. The Morgan fingerprint density at radius 3 is 3.05 bits per heavy atom. The lowest BCUT2D eigenvalue weighted by atomic mass is 10.1. The van der Waals surface area contributed by atoms with E-state index in [0.29, 0.717) is 12.2 Å². The third-order valence-electron chi connectivity index (χ3n) is 2.97. The first-order chi connectivity index (χ1) is 10.6. The fraction of sp³-hybridized carbons (Fsp3) is 0.389. The van der Waals surface area contributed by atoms with E-state index in [0.717, 1.165) is 0 Å². The van der Waals surface area contributed by atoms with E-state index in [1.807, 2.05) is 13.8 Å². The summed E-state index contributed by atoms with van der Waals surface area (Å²) in [5, 5.41) is 0. The smallest absolute Gasteiger partial charge is 0.312 e. The molecule has 4 nitrogen and oxygen atoms in total. The van der Waals surface area contributed by atoms with E-state index in [9.17, 15) is 4.79 Å². The van der Waals surface area contributed by atoms with Crippen LogP contribution < -0.4 is 0 Å². The molecule has 2 heterocycles. The molecule has 1 spiro atoms. The van der Waals surface area contributed by atoms with Crippen LogP contribution in [0, 0.1) is 29.6 Å². The minimum atomic E-state index is -1.11. The molecule has 2 aliphatic rings. The maximum absolute atomic E-state index is 11.8. The van der Waals surface area contributed by atoms with Crippen molar-refractivity contribution in [2.24, 2.45) is 5.92 Å². The van der Waals surface area contributed by atoms with Crippen LogP contribution in [0.25, 0.3) is 0 Å². The third kappa shape index (κ3) is 3.74. The molecule has 0 fully saturated rings. The van der Waals surface area contributed by atoms with Gasteiger partial charge < -0.3 is 14.2 Å². The predicted molar refractivity (Wildman–Crippen MR) is 81.8 cm³/mol. The summed E-state index contributed by atoms with van der Waals surface area (Å²) >= 11 is 0. The molecule has 0 aromatic carbocycles. The summed E-state index contributed by atoms with van der Waals surface area (Å²) in [5.41, 5.74) is 0. The van der Waals surface area contributed by atoms with Gasteiger partial charge in [-0.15, -0.1) is 0 Å². The van der Waals surface area contributed by atoms with E-state index in [1.165, 1.54) is 6.26 Å². The molecule has 0 amide bonds. The zero-order valence-electron chi connectivity index (χ0n) is 12.9. The Hall–Kier alpha value is -2.59. The Morgan fingerprint density at radius 1 is 1.50 bits per heavy atom. The lowest BCUT2D eigenvalue weighted by Crippen LogP contribution is -2.41. The summed E-state index contributed by atoms with van der Waals surface area (Å²) in [7, 11) is 0. The summed E-state index contributed by atoms with van der Waals surface area (Å²) in [6.07, 6.45) is 7.96. The second-order valence-electron chi connectivity index (χ2n) is 5.30. The van der Waals surface area contributed by atoms with Gasteiger partial charge in [0.2, 0.25) is 6.10 Å². The molecule has 0 aromatic rings. The predicted octanol–water partition coefficient (Wildman–Crippen LogP) is 2.68. The highest BCUT2D eigenvalue weighted by Crippen LogP contribution is 2.36. The number of allylic oxidation sites excluding steroid dienone is 2. The second kappa shape index (κ2) is 6.91. The van der Waals surface area contributed by atoms with Gasteiger partial charge in [0.05, 0.1) is 6.26 Å². The van der Waals surface area contributed by atoms with E-state index >= 15 is 0 Å². The summed E-state index contributed by atoms with van der Waals surface area (Å²) < 4.78 is 16.7. The maximum Gasteiger partial charge on any atom is 0.312 e. The van der Waals surface area contributed by atoms with Crippen molar-refractivity contribution in [2.45, 2.75) is 39.1 Å². The summed E-state index contributed by atoms with van der Waals surface area (Å²) in [5.74, 6) is 10.1. The van der Waals surface area contributed by atoms with Gasteiger partial charge >= 0.3 is 11.8 Å². The monoisotopic (exact) mass is 298 g/mol. The molecule has 2 atom stereocenters. The number of ether oxygens (including phenoxy) is 3. The molecule has 0 saturated carbocycles. The van der Waals surface area contributed by atoms with Gasteiger partial charge in [-0.2, -0.15) is 0 Å². The minimum Gasteiger partial charge on any atom is -0.453 e. The van der Waals surface area contributed by atoms with Crippen LogP contribution in [0.15, 0.2) is 36.3 Å². The molecular formula is C18H18O4. The van der Waals surface area contributed by atoms with Crippen molar-refractivity contribution in [3.05, 3.63) is 36.3 Å². The molecule has 22 heavy (non-hydrogen) atoms. The molecule has 0 N–H and O–H groups in total. The SMILES string of the molecule is CC#CC#C/C=C1/C=C[C@]2(OC=C[C@@H]2OC(=O)CC(C)C)O1. The van der Waals surface area contributed by atoms with Gasteiger partial charge in [0, 0.05) is 18.6 Å². The second-order valence-corrected chi connectivity index (χ2v) is 5.30. The normalized spacial score (nSPS) is 26.2. The van der Waals surface area contributed by atoms with Crippen molar-refractivity contribution in [2.75, 3.05) is 0 Å². The van der Waals surface area contributed by atoms with Gasteiger partial charge in [-0.05, 0) is 36.8 Å². The Labute approximate surface area is 130 Å². The fourth-order valence-electron chi connectivity index (χ4n) is 2.01. The van der Waals surface area contributed by atoms with E-state index < -0.39 is 11.9 Å². The molecule has 0 saturated heterocycles. The van der Waals surface area contributed by atoms with Crippen LogP contribution >= 0.6 is 0 Å². The molecule has 4 heteroatoms. The topological polar surface area (TPSA) is 44.8 Å². The Morgan fingerprint density at radius 2 is 2.32 bits per heavy atom. The first kappa shape index (κ1) is 15.8. The van der Waals surface area contributed by atoms with Crippen LogP contribution in [0.2, 0.25) is 0 Å².